The molecule has 1 aromatic heterocycles. The molecule has 0 bridgehead atoms. The van der Waals surface area contributed by atoms with Crippen molar-refractivity contribution in [1.29, 1.82) is 0 Å². The second kappa shape index (κ2) is 5.26. The smallest absolute Gasteiger partial charge is 0.239 e. The number of hydrogen-bond acceptors (Lipinski definition) is 5. The quantitative estimate of drug-likeness (QED) is 0.672. The molecule has 0 saturated carbocycles. The Kier molecular flexibility index (Phi) is 3.99. The molecule has 0 aromatic carbocycles. The van der Waals surface area contributed by atoms with Crippen LogP contribution in [-0.4, -0.2) is 36.7 Å². The van der Waals surface area contributed by atoms with Crippen LogP contribution in [0, 0.1) is 0 Å². The molecule has 6 nitrogen and oxygen atoms in total. The molecule has 0 aliphatic carbocycles. The summed E-state index contributed by atoms with van der Waals surface area (Å²) >= 11 is 0. The molecule has 0 aliphatic heterocycles. The van der Waals surface area contributed by atoms with E-state index in [9.17, 15) is 4.79 Å². The number of carbonyl (C=O) groups excluding carboxylic acids is 1. The predicted molar refractivity (Wildman–Crippen MR) is 57.3 cm³/mol. The zero-order valence-electron chi connectivity index (χ0n) is 8.90. The molecule has 15 heavy (non-hydrogen) atoms. The molecular formula is C9H15N5O. The van der Waals surface area contributed by atoms with Crippen molar-refractivity contribution in [1.82, 2.24) is 15.5 Å². The molecule has 0 fully saturated rings. The van der Waals surface area contributed by atoms with E-state index in [4.69, 9.17) is 5.73 Å². The Hall–Kier alpha value is -1.69. The molecule has 0 aliphatic rings. The summed E-state index contributed by atoms with van der Waals surface area (Å²) in [6, 6.07) is 1.79. The van der Waals surface area contributed by atoms with E-state index in [1.54, 1.807) is 31.3 Å². The number of nitrogens with one attached hydrogen (secondary N) is 1. The minimum atomic E-state index is -0.0777. The number of nitrogens with zero attached hydrogens (tertiary/aromatic N) is 3. The second-order valence-electron chi connectivity index (χ2n) is 3.11. The Balaban J connectivity index is 2.80. The molecule has 82 valence electrons. The number of aromatic nitrogens is 2. The number of nitrogens with two attached hydrogens (primary N) is 1. The highest BCUT2D eigenvalue weighted by atomic mass is 16.1. The van der Waals surface area contributed by atoms with Gasteiger partial charge < -0.3 is 16.0 Å². The van der Waals surface area contributed by atoms with Gasteiger partial charge in [0.15, 0.2) is 5.82 Å². The zero-order chi connectivity index (χ0) is 11.3. The van der Waals surface area contributed by atoms with Crippen LogP contribution in [0.2, 0.25) is 0 Å². The number of hydrogen-bond donors (Lipinski definition) is 2. The zero-order valence-corrected chi connectivity index (χ0v) is 8.90. The first-order valence-corrected chi connectivity index (χ1v) is 4.61. The first kappa shape index (κ1) is 11.4. The highest BCUT2D eigenvalue weighted by Gasteiger charge is 2.10. The highest BCUT2D eigenvalue weighted by molar-refractivity contribution is 5.80. The standard InChI is InChI=1S/C9H15N5O/c1-11-8(15)6-14(2)9-7(5-10)3-4-12-13-9/h3-4H,5-6,10H2,1-2H3,(H,11,15). The van der Waals surface area contributed by atoms with Crippen molar-refractivity contribution < 1.29 is 4.79 Å². The molecule has 3 N–H and O–H groups in total. The normalized spacial score (nSPS) is 9.80. The van der Waals surface area contributed by atoms with Crippen molar-refractivity contribution >= 4 is 11.7 Å². The fourth-order valence-corrected chi connectivity index (χ4v) is 1.20. The Morgan fingerprint density at radius 2 is 2.40 bits per heavy atom. The van der Waals surface area contributed by atoms with Gasteiger partial charge in [-0.05, 0) is 6.07 Å². The first-order chi connectivity index (χ1) is 7.19. The van der Waals surface area contributed by atoms with E-state index in [0.29, 0.717) is 12.4 Å². The number of rotatable bonds is 4. The lowest BCUT2D eigenvalue weighted by Gasteiger charge is -2.18. The van der Waals surface area contributed by atoms with Crippen molar-refractivity contribution in [3.63, 3.8) is 0 Å². The number of anilines is 1. The molecule has 1 aromatic rings. The maximum Gasteiger partial charge on any atom is 0.239 e. The monoisotopic (exact) mass is 209 g/mol. The third-order valence-electron chi connectivity index (χ3n) is 2.02. The second-order valence-corrected chi connectivity index (χ2v) is 3.11. The Morgan fingerprint density at radius 1 is 1.67 bits per heavy atom. The van der Waals surface area contributed by atoms with E-state index in [-0.39, 0.29) is 12.5 Å². The van der Waals surface area contributed by atoms with Gasteiger partial charge in [0.25, 0.3) is 0 Å². The molecule has 0 radical (unpaired) electrons. The lowest BCUT2D eigenvalue weighted by atomic mass is 10.2. The Labute approximate surface area is 88.5 Å². The minimum absolute atomic E-state index is 0.0777. The summed E-state index contributed by atoms with van der Waals surface area (Å²) in [6.07, 6.45) is 1.58. The van der Waals surface area contributed by atoms with Gasteiger partial charge in [-0.3, -0.25) is 4.79 Å². The van der Waals surface area contributed by atoms with Crippen LogP contribution in [0.5, 0.6) is 0 Å². The fraction of sp³-hybridized carbons (Fsp3) is 0.444. The van der Waals surface area contributed by atoms with Crippen LogP contribution in [0.4, 0.5) is 5.82 Å². The fourth-order valence-electron chi connectivity index (χ4n) is 1.20. The van der Waals surface area contributed by atoms with Crippen LogP contribution >= 0.6 is 0 Å². The van der Waals surface area contributed by atoms with Gasteiger partial charge in [-0.25, -0.2) is 0 Å². The lowest BCUT2D eigenvalue weighted by molar-refractivity contribution is -0.119. The third-order valence-corrected chi connectivity index (χ3v) is 2.02. The Morgan fingerprint density at radius 3 is 3.00 bits per heavy atom. The van der Waals surface area contributed by atoms with Gasteiger partial charge >= 0.3 is 0 Å². The maximum absolute atomic E-state index is 11.2. The molecule has 1 amide bonds. The average Bonchev–Trinajstić information content (AvgIpc) is 2.28. The van der Waals surface area contributed by atoms with Crippen LogP contribution < -0.4 is 16.0 Å². The van der Waals surface area contributed by atoms with Gasteiger partial charge in [-0.1, -0.05) is 0 Å². The predicted octanol–water partition coefficient (Wildman–Crippen LogP) is -0.882. The minimum Gasteiger partial charge on any atom is -0.358 e. The number of carbonyl (C=O) groups is 1. The van der Waals surface area contributed by atoms with E-state index in [2.05, 4.69) is 15.5 Å². The van der Waals surface area contributed by atoms with Crippen molar-refractivity contribution in [2.45, 2.75) is 6.54 Å². The molecule has 6 heteroatoms. The lowest BCUT2D eigenvalue weighted by Crippen LogP contribution is -2.34. The summed E-state index contributed by atoms with van der Waals surface area (Å²) in [4.78, 5) is 12.9. The van der Waals surface area contributed by atoms with Gasteiger partial charge in [-0.15, -0.1) is 5.10 Å². The largest absolute Gasteiger partial charge is 0.358 e. The molecule has 1 heterocycles. The van der Waals surface area contributed by atoms with E-state index < -0.39 is 0 Å². The highest BCUT2D eigenvalue weighted by Crippen LogP contribution is 2.12. The van der Waals surface area contributed by atoms with Crippen molar-refractivity contribution in [3.8, 4) is 0 Å². The summed E-state index contributed by atoms with van der Waals surface area (Å²) in [5.74, 6) is 0.565. The molecule has 0 atom stereocenters. The van der Waals surface area contributed by atoms with E-state index in [1.807, 2.05) is 0 Å². The Bertz CT molecular complexity index is 341. The topological polar surface area (TPSA) is 84.1 Å². The van der Waals surface area contributed by atoms with Crippen molar-refractivity contribution in [2.24, 2.45) is 5.73 Å². The number of amides is 1. The first-order valence-electron chi connectivity index (χ1n) is 4.61. The van der Waals surface area contributed by atoms with Gasteiger partial charge in [-0.2, -0.15) is 5.10 Å². The van der Waals surface area contributed by atoms with Crippen LogP contribution in [0.15, 0.2) is 12.3 Å². The van der Waals surface area contributed by atoms with E-state index in [1.165, 1.54) is 0 Å². The molecule has 0 unspecified atom stereocenters. The van der Waals surface area contributed by atoms with E-state index in [0.717, 1.165) is 5.56 Å². The number of likely N-dealkylation sites (N-methyl/N-ethyl adjacent to an activating group) is 2. The van der Waals surface area contributed by atoms with Crippen molar-refractivity contribution in [3.05, 3.63) is 17.8 Å². The molecule has 1 rings (SSSR count). The SMILES string of the molecule is CNC(=O)CN(C)c1nnccc1CN. The summed E-state index contributed by atoms with van der Waals surface area (Å²) in [5, 5.41) is 10.3. The molecular weight excluding hydrogens is 194 g/mol. The van der Waals surface area contributed by atoms with Crippen LogP contribution in [0.1, 0.15) is 5.56 Å². The van der Waals surface area contributed by atoms with Crippen LogP contribution in [0.3, 0.4) is 0 Å². The summed E-state index contributed by atoms with van der Waals surface area (Å²) < 4.78 is 0. The maximum atomic E-state index is 11.2. The van der Waals surface area contributed by atoms with Crippen LogP contribution in [-0.2, 0) is 11.3 Å². The third kappa shape index (κ3) is 2.88. The van der Waals surface area contributed by atoms with Gasteiger partial charge in [0, 0.05) is 26.2 Å². The summed E-state index contributed by atoms with van der Waals surface area (Å²) in [5.41, 5.74) is 6.43. The average molecular weight is 209 g/mol. The molecule has 0 saturated heterocycles. The summed E-state index contributed by atoms with van der Waals surface area (Å²) in [7, 11) is 3.37. The van der Waals surface area contributed by atoms with Gasteiger partial charge in [0.2, 0.25) is 5.91 Å². The van der Waals surface area contributed by atoms with Gasteiger partial charge in [0.1, 0.15) is 0 Å². The summed E-state index contributed by atoms with van der Waals surface area (Å²) in [6.45, 7) is 0.616. The van der Waals surface area contributed by atoms with Gasteiger partial charge in [0.05, 0.1) is 12.7 Å². The van der Waals surface area contributed by atoms with Crippen molar-refractivity contribution in [2.75, 3.05) is 25.5 Å². The van der Waals surface area contributed by atoms with Crippen LogP contribution in [0.25, 0.3) is 0 Å². The van der Waals surface area contributed by atoms with E-state index >= 15 is 0 Å². The molecule has 0 spiro atoms.